The molecule has 0 radical (unpaired) electrons. The molecule has 0 spiro atoms. The first kappa shape index (κ1) is 16.1. The fraction of sp³-hybridized carbons (Fsp3) is 0.250. The summed E-state index contributed by atoms with van der Waals surface area (Å²) in [6.45, 7) is 4.35. The fourth-order valence-corrected chi connectivity index (χ4v) is 2.17. The van der Waals surface area contributed by atoms with Gasteiger partial charge in [0.05, 0.1) is 16.0 Å². The van der Waals surface area contributed by atoms with E-state index in [0.717, 1.165) is 11.3 Å². The van der Waals surface area contributed by atoms with Crippen LogP contribution in [0.25, 0.3) is 0 Å². The van der Waals surface area contributed by atoms with Crippen molar-refractivity contribution in [3.05, 3.63) is 63.2 Å². The third-order valence-corrected chi connectivity index (χ3v) is 3.21. The molecule has 0 aliphatic rings. The van der Waals surface area contributed by atoms with Crippen molar-refractivity contribution in [1.29, 1.82) is 0 Å². The van der Waals surface area contributed by atoms with Crippen LogP contribution in [0.5, 0.6) is 5.75 Å². The number of hydrogen-bond donors (Lipinski definition) is 1. The second-order valence-electron chi connectivity index (χ2n) is 5.09. The van der Waals surface area contributed by atoms with Crippen LogP contribution in [0.3, 0.4) is 0 Å². The van der Waals surface area contributed by atoms with Gasteiger partial charge >= 0.3 is 0 Å². The summed E-state index contributed by atoms with van der Waals surface area (Å²) in [4.78, 5) is 10.3. The lowest BCUT2D eigenvalue weighted by Gasteiger charge is -2.13. The maximum absolute atomic E-state index is 10.8. The zero-order valence-electron chi connectivity index (χ0n) is 12.4. The van der Waals surface area contributed by atoms with Crippen molar-refractivity contribution in [1.82, 2.24) is 0 Å². The summed E-state index contributed by atoms with van der Waals surface area (Å²) >= 11 is 6.17. The lowest BCUT2D eigenvalue weighted by atomic mass is 10.2. The Balaban J connectivity index is 2.04. The van der Waals surface area contributed by atoms with Gasteiger partial charge in [0.2, 0.25) is 0 Å². The van der Waals surface area contributed by atoms with Crippen LogP contribution >= 0.6 is 11.6 Å². The van der Waals surface area contributed by atoms with Crippen LogP contribution in [0, 0.1) is 10.1 Å². The van der Waals surface area contributed by atoms with E-state index >= 15 is 0 Å². The van der Waals surface area contributed by atoms with Gasteiger partial charge in [0.25, 0.3) is 5.69 Å². The molecule has 2 rings (SSSR count). The first-order valence-corrected chi connectivity index (χ1v) is 7.27. The summed E-state index contributed by atoms with van der Waals surface area (Å²) in [6.07, 6.45) is 0.0566. The van der Waals surface area contributed by atoms with E-state index in [2.05, 4.69) is 5.32 Å². The SMILES string of the molecule is CC(C)Oc1ccc(NCc2cccc([N+](=O)[O-])c2)cc1Cl. The molecule has 0 fully saturated rings. The van der Waals surface area contributed by atoms with Gasteiger partial charge in [-0.15, -0.1) is 0 Å². The Bertz CT molecular complexity index is 674. The summed E-state index contributed by atoms with van der Waals surface area (Å²) in [5.74, 6) is 0.637. The van der Waals surface area contributed by atoms with Crippen molar-refractivity contribution in [2.24, 2.45) is 0 Å². The summed E-state index contributed by atoms with van der Waals surface area (Å²) in [7, 11) is 0. The number of nitrogens with zero attached hydrogens (tertiary/aromatic N) is 1. The summed E-state index contributed by atoms with van der Waals surface area (Å²) in [5, 5.41) is 14.5. The molecular weight excluding hydrogens is 304 g/mol. The minimum atomic E-state index is -0.404. The quantitative estimate of drug-likeness (QED) is 0.621. The number of benzene rings is 2. The molecule has 1 N–H and O–H groups in total. The molecule has 2 aromatic rings. The van der Waals surface area contributed by atoms with E-state index in [4.69, 9.17) is 16.3 Å². The van der Waals surface area contributed by atoms with E-state index in [0.29, 0.717) is 17.3 Å². The van der Waals surface area contributed by atoms with Gasteiger partial charge in [-0.05, 0) is 37.6 Å². The molecule has 0 aromatic heterocycles. The van der Waals surface area contributed by atoms with Crippen molar-refractivity contribution in [2.75, 3.05) is 5.32 Å². The first-order chi connectivity index (χ1) is 10.5. The normalized spacial score (nSPS) is 10.5. The molecule has 116 valence electrons. The molecule has 0 aliphatic carbocycles. The molecular formula is C16H17ClN2O3. The predicted molar refractivity (Wildman–Crippen MR) is 87.6 cm³/mol. The second kappa shape index (κ2) is 7.13. The van der Waals surface area contributed by atoms with Crippen LogP contribution in [0.4, 0.5) is 11.4 Å². The van der Waals surface area contributed by atoms with E-state index in [1.54, 1.807) is 24.3 Å². The van der Waals surface area contributed by atoms with E-state index in [9.17, 15) is 10.1 Å². The van der Waals surface area contributed by atoms with Crippen molar-refractivity contribution in [3.8, 4) is 5.75 Å². The number of anilines is 1. The number of nitrogens with one attached hydrogen (secondary N) is 1. The molecule has 0 heterocycles. The highest BCUT2D eigenvalue weighted by atomic mass is 35.5. The van der Waals surface area contributed by atoms with E-state index in [1.807, 2.05) is 26.0 Å². The van der Waals surface area contributed by atoms with E-state index in [-0.39, 0.29) is 11.8 Å². The zero-order valence-corrected chi connectivity index (χ0v) is 13.1. The number of halogens is 1. The molecule has 0 aliphatic heterocycles. The minimum absolute atomic E-state index is 0.0566. The van der Waals surface area contributed by atoms with Crippen molar-refractivity contribution in [2.45, 2.75) is 26.5 Å². The highest BCUT2D eigenvalue weighted by Crippen LogP contribution is 2.28. The standard InChI is InChI=1S/C16H17ClN2O3/c1-11(2)22-16-7-6-13(9-15(16)17)18-10-12-4-3-5-14(8-12)19(20)21/h3-9,11,18H,10H2,1-2H3. The largest absolute Gasteiger partial charge is 0.489 e. The number of hydrogen-bond acceptors (Lipinski definition) is 4. The lowest BCUT2D eigenvalue weighted by Crippen LogP contribution is -2.06. The Hall–Kier alpha value is -2.27. The smallest absolute Gasteiger partial charge is 0.269 e. The van der Waals surface area contributed by atoms with Crippen LogP contribution < -0.4 is 10.1 Å². The maximum Gasteiger partial charge on any atom is 0.269 e. The summed E-state index contributed by atoms with van der Waals surface area (Å²) in [5.41, 5.74) is 1.73. The highest BCUT2D eigenvalue weighted by Gasteiger charge is 2.07. The topological polar surface area (TPSA) is 64.4 Å². The van der Waals surface area contributed by atoms with Gasteiger partial charge in [0.15, 0.2) is 0 Å². The van der Waals surface area contributed by atoms with Crippen LogP contribution in [-0.2, 0) is 6.54 Å². The van der Waals surface area contributed by atoms with Gasteiger partial charge in [-0.25, -0.2) is 0 Å². The molecule has 0 bridgehead atoms. The minimum Gasteiger partial charge on any atom is -0.489 e. The summed E-state index contributed by atoms with van der Waals surface area (Å²) < 4.78 is 5.57. The number of ether oxygens (including phenoxy) is 1. The van der Waals surface area contributed by atoms with Crippen molar-refractivity contribution in [3.63, 3.8) is 0 Å². The molecule has 22 heavy (non-hydrogen) atoms. The number of non-ortho nitro benzene ring substituents is 1. The Morgan fingerprint density at radius 3 is 2.68 bits per heavy atom. The fourth-order valence-electron chi connectivity index (χ4n) is 1.94. The molecule has 0 atom stereocenters. The van der Waals surface area contributed by atoms with Crippen molar-refractivity contribution < 1.29 is 9.66 Å². The number of rotatable bonds is 6. The van der Waals surface area contributed by atoms with Crippen molar-refractivity contribution >= 4 is 23.0 Å². The van der Waals surface area contributed by atoms with Crippen LogP contribution in [-0.4, -0.2) is 11.0 Å². The first-order valence-electron chi connectivity index (χ1n) is 6.89. The molecule has 0 unspecified atom stereocenters. The van der Waals surface area contributed by atoms with E-state index < -0.39 is 4.92 Å². The predicted octanol–water partition coefficient (Wildman–Crippen LogP) is 4.65. The van der Waals surface area contributed by atoms with Gasteiger partial charge in [-0.2, -0.15) is 0 Å². The van der Waals surface area contributed by atoms with Gasteiger partial charge < -0.3 is 10.1 Å². The molecule has 0 saturated heterocycles. The van der Waals surface area contributed by atoms with Gasteiger partial charge in [-0.3, -0.25) is 10.1 Å². The van der Waals surface area contributed by atoms with Crippen LogP contribution in [0.1, 0.15) is 19.4 Å². The zero-order chi connectivity index (χ0) is 16.1. The van der Waals surface area contributed by atoms with Gasteiger partial charge in [-0.1, -0.05) is 23.7 Å². The number of nitro benzene ring substituents is 1. The van der Waals surface area contributed by atoms with Crippen LogP contribution in [0.2, 0.25) is 5.02 Å². The average molecular weight is 321 g/mol. The molecule has 5 nitrogen and oxygen atoms in total. The Morgan fingerprint density at radius 2 is 2.05 bits per heavy atom. The monoisotopic (exact) mass is 320 g/mol. The summed E-state index contributed by atoms with van der Waals surface area (Å²) in [6, 6.07) is 12.0. The second-order valence-corrected chi connectivity index (χ2v) is 5.50. The Morgan fingerprint density at radius 1 is 1.27 bits per heavy atom. The Kier molecular flexibility index (Phi) is 5.22. The molecule has 2 aromatic carbocycles. The lowest BCUT2D eigenvalue weighted by molar-refractivity contribution is -0.384. The number of nitro groups is 1. The molecule has 0 saturated carbocycles. The van der Waals surface area contributed by atoms with Crippen LogP contribution in [0.15, 0.2) is 42.5 Å². The van der Waals surface area contributed by atoms with Gasteiger partial charge in [0.1, 0.15) is 5.75 Å². The third kappa shape index (κ3) is 4.36. The third-order valence-electron chi connectivity index (χ3n) is 2.91. The van der Waals surface area contributed by atoms with Gasteiger partial charge in [0, 0.05) is 24.4 Å². The average Bonchev–Trinajstić information content (AvgIpc) is 2.47. The molecule has 6 heteroatoms. The Labute approximate surface area is 134 Å². The molecule has 0 amide bonds. The van der Waals surface area contributed by atoms with E-state index in [1.165, 1.54) is 6.07 Å². The highest BCUT2D eigenvalue weighted by molar-refractivity contribution is 6.32. The maximum atomic E-state index is 10.8.